The molecule has 0 radical (unpaired) electrons. The van der Waals surface area contributed by atoms with Crippen molar-refractivity contribution in [3.63, 3.8) is 0 Å². The first-order chi connectivity index (χ1) is 8.39. The fraction of sp³-hybridized carbons (Fsp3) is 0.643. The molecule has 18 heavy (non-hydrogen) atoms. The van der Waals surface area contributed by atoms with E-state index in [9.17, 15) is 5.11 Å². The number of hydrogen-bond donors (Lipinski definition) is 2. The first-order valence-electron chi connectivity index (χ1n) is 6.38. The maximum absolute atomic E-state index is 10.6. The Balaban J connectivity index is 2.22. The maximum Gasteiger partial charge on any atom is 0.0663 e. The maximum atomic E-state index is 10.6. The molecule has 100 valence electrons. The molecule has 0 spiro atoms. The highest BCUT2D eigenvalue weighted by Gasteiger charge is 2.51. The van der Waals surface area contributed by atoms with E-state index < -0.39 is 0 Å². The third-order valence-corrected chi connectivity index (χ3v) is 4.78. The summed E-state index contributed by atoms with van der Waals surface area (Å²) in [4.78, 5) is 4.40. The van der Waals surface area contributed by atoms with Gasteiger partial charge in [-0.25, -0.2) is 0 Å². The normalized spacial score (nSPS) is 30.6. The van der Waals surface area contributed by atoms with Gasteiger partial charge in [-0.3, -0.25) is 4.98 Å². The molecule has 4 heteroatoms. The van der Waals surface area contributed by atoms with Crippen molar-refractivity contribution in [2.24, 2.45) is 16.6 Å². The smallest absolute Gasteiger partial charge is 0.0663 e. The summed E-state index contributed by atoms with van der Waals surface area (Å²) >= 11 is 3.38. The number of aliphatic hydroxyl groups excluding tert-OH is 1. The van der Waals surface area contributed by atoms with Gasteiger partial charge in [-0.2, -0.15) is 0 Å². The van der Waals surface area contributed by atoms with Gasteiger partial charge in [0.2, 0.25) is 0 Å². The van der Waals surface area contributed by atoms with Crippen molar-refractivity contribution in [1.29, 1.82) is 0 Å². The molecule has 1 fully saturated rings. The molecule has 1 heterocycles. The highest BCUT2D eigenvalue weighted by atomic mass is 79.9. The quantitative estimate of drug-likeness (QED) is 0.901. The minimum atomic E-state index is -0.361. The molecule has 3 N–H and O–H groups in total. The van der Waals surface area contributed by atoms with Gasteiger partial charge in [0.1, 0.15) is 0 Å². The van der Waals surface area contributed by atoms with Crippen LogP contribution in [0.15, 0.2) is 22.8 Å². The molecular formula is C14H21BrN2O. The van der Waals surface area contributed by atoms with Crippen LogP contribution in [0.1, 0.15) is 32.4 Å². The van der Waals surface area contributed by atoms with Crippen molar-refractivity contribution in [2.45, 2.75) is 39.2 Å². The lowest BCUT2D eigenvalue weighted by atomic mass is 9.75. The number of aliphatic hydroxyl groups is 1. The Morgan fingerprint density at radius 1 is 1.44 bits per heavy atom. The van der Waals surface area contributed by atoms with Crippen LogP contribution in [0.4, 0.5) is 0 Å². The van der Waals surface area contributed by atoms with Crippen LogP contribution in [0.3, 0.4) is 0 Å². The molecular weight excluding hydrogens is 292 g/mol. The molecule has 2 unspecified atom stereocenters. The summed E-state index contributed by atoms with van der Waals surface area (Å²) in [6, 6.07) is 3.98. The third kappa shape index (κ3) is 2.46. The Morgan fingerprint density at radius 3 is 2.61 bits per heavy atom. The van der Waals surface area contributed by atoms with Gasteiger partial charge in [-0.15, -0.1) is 0 Å². The number of rotatable bonds is 3. The second kappa shape index (κ2) is 4.91. The van der Waals surface area contributed by atoms with Crippen LogP contribution in [-0.2, 0) is 6.42 Å². The van der Waals surface area contributed by atoms with E-state index in [1.54, 1.807) is 6.20 Å². The van der Waals surface area contributed by atoms with Crippen molar-refractivity contribution in [3.8, 4) is 0 Å². The van der Waals surface area contributed by atoms with Gasteiger partial charge in [0.15, 0.2) is 0 Å². The molecule has 1 aromatic rings. The lowest BCUT2D eigenvalue weighted by Gasteiger charge is -2.35. The zero-order valence-corrected chi connectivity index (χ0v) is 12.6. The van der Waals surface area contributed by atoms with E-state index in [1.165, 1.54) is 0 Å². The molecule has 1 aromatic heterocycles. The Morgan fingerprint density at radius 2 is 2.17 bits per heavy atom. The second-order valence-corrected chi connectivity index (χ2v) is 7.02. The lowest BCUT2D eigenvalue weighted by molar-refractivity contribution is -0.00508. The summed E-state index contributed by atoms with van der Waals surface area (Å²) in [5.41, 5.74) is 6.70. The van der Waals surface area contributed by atoms with Crippen molar-refractivity contribution in [3.05, 3.63) is 28.5 Å². The summed E-state index contributed by atoms with van der Waals surface area (Å²) in [5.74, 6) is 0. The number of hydrogen-bond acceptors (Lipinski definition) is 3. The Kier molecular flexibility index (Phi) is 3.81. The SMILES string of the molecule is CC1(C)CCC(CN)(Cc2ccc(Br)cn2)C1O. The van der Waals surface area contributed by atoms with E-state index in [4.69, 9.17) is 5.73 Å². The van der Waals surface area contributed by atoms with Gasteiger partial charge in [-0.05, 0) is 52.7 Å². The largest absolute Gasteiger partial charge is 0.392 e. The number of nitrogens with two attached hydrogens (primary N) is 1. The van der Waals surface area contributed by atoms with E-state index in [-0.39, 0.29) is 16.9 Å². The zero-order valence-electron chi connectivity index (χ0n) is 11.0. The molecule has 1 aliphatic carbocycles. The molecule has 0 aromatic carbocycles. The third-order valence-electron chi connectivity index (χ3n) is 4.32. The van der Waals surface area contributed by atoms with Gasteiger partial charge in [0.05, 0.1) is 6.10 Å². The van der Waals surface area contributed by atoms with Crippen LogP contribution in [0.5, 0.6) is 0 Å². The van der Waals surface area contributed by atoms with Gasteiger partial charge in [0, 0.05) is 28.3 Å². The van der Waals surface area contributed by atoms with Gasteiger partial charge in [0.25, 0.3) is 0 Å². The standard InChI is InChI=1S/C14H21BrN2O/c1-13(2)5-6-14(9-16,12(13)18)7-11-4-3-10(15)8-17-11/h3-4,8,12,18H,5-7,9,16H2,1-2H3. The topological polar surface area (TPSA) is 59.1 Å². The van der Waals surface area contributed by atoms with Crippen LogP contribution < -0.4 is 5.73 Å². The summed E-state index contributed by atoms with van der Waals surface area (Å²) in [6.07, 6.45) is 4.17. The monoisotopic (exact) mass is 312 g/mol. The zero-order chi connectivity index (χ0) is 13.4. The number of pyridine rings is 1. The molecule has 1 saturated carbocycles. The average molecular weight is 313 g/mol. The highest BCUT2D eigenvalue weighted by molar-refractivity contribution is 9.10. The summed E-state index contributed by atoms with van der Waals surface area (Å²) in [6.45, 7) is 4.74. The van der Waals surface area contributed by atoms with Crippen molar-refractivity contribution in [2.75, 3.05) is 6.54 Å². The van der Waals surface area contributed by atoms with Gasteiger partial charge < -0.3 is 10.8 Å². The molecule has 2 atom stereocenters. The number of halogens is 1. The van der Waals surface area contributed by atoms with Crippen molar-refractivity contribution in [1.82, 2.24) is 4.98 Å². The van der Waals surface area contributed by atoms with Gasteiger partial charge in [-0.1, -0.05) is 13.8 Å². The summed E-state index contributed by atoms with van der Waals surface area (Å²) in [5, 5.41) is 10.6. The Bertz CT molecular complexity index is 418. The second-order valence-electron chi connectivity index (χ2n) is 6.10. The molecule has 0 bridgehead atoms. The minimum absolute atomic E-state index is 0.0469. The minimum Gasteiger partial charge on any atom is -0.392 e. The van der Waals surface area contributed by atoms with E-state index in [2.05, 4.69) is 34.8 Å². The van der Waals surface area contributed by atoms with Crippen LogP contribution in [0, 0.1) is 10.8 Å². The van der Waals surface area contributed by atoms with Crippen molar-refractivity contribution < 1.29 is 5.11 Å². The predicted octanol–water partition coefficient (Wildman–Crippen LogP) is 2.51. The lowest BCUT2D eigenvalue weighted by Crippen LogP contribution is -2.44. The molecule has 1 aliphatic rings. The predicted molar refractivity (Wildman–Crippen MR) is 76.2 cm³/mol. The van der Waals surface area contributed by atoms with E-state index in [0.29, 0.717) is 6.54 Å². The summed E-state index contributed by atoms with van der Waals surface area (Å²) in [7, 11) is 0. The van der Waals surface area contributed by atoms with E-state index in [0.717, 1.165) is 29.4 Å². The first-order valence-corrected chi connectivity index (χ1v) is 7.17. The molecule has 0 saturated heterocycles. The highest BCUT2D eigenvalue weighted by Crippen LogP contribution is 2.50. The summed E-state index contributed by atoms with van der Waals surface area (Å²) < 4.78 is 0.973. The van der Waals surface area contributed by atoms with Crippen LogP contribution in [0.2, 0.25) is 0 Å². The average Bonchev–Trinajstić information content (AvgIpc) is 2.57. The molecule has 2 rings (SSSR count). The van der Waals surface area contributed by atoms with E-state index >= 15 is 0 Å². The Labute approximate surface area is 117 Å². The number of aromatic nitrogens is 1. The fourth-order valence-electron chi connectivity index (χ4n) is 3.02. The number of nitrogens with zero attached hydrogens (tertiary/aromatic N) is 1. The first kappa shape index (κ1) is 14.0. The van der Waals surface area contributed by atoms with Crippen LogP contribution in [-0.4, -0.2) is 22.7 Å². The van der Waals surface area contributed by atoms with Crippen LogP contribution in [0.25, 0.3) is 0 Å². The van der Waals surface area contributed by atoms with Gasteiger partial charge >= 0.3 is 0 Å². The molecule has 0 aliphatic heterocycles. The van der Waals surface area contributed by atoms with E-state index in [1.807, 2.05) is 12.1 Å². The Hall–Kier alpha value is -0.450. The van der Waals surface area contributed by atoms with Crippen molar-refractivity contribution >= 4 is 15.9 Å². The fourth-order valence-corrected chi connectivity index (χ4v) is 3.25. The molecule has 3 nitrogen and oxygen atoms in total. The van der Waals surface area contributed by atoms with Crippen LogP contribution >= 0.6 is 15.9 Å². The molecule has 0 amide bonds.